The van der Waals surface area contributed by atoms with Crippen LogP contribution in [0.2, 0.25) is 0 Å². The number of rotatable bonds is 8. The number of hydrogen-bond acceptors (Lipinski definition) is 9. The van der Waals surface area contributed by atoms with Gasteiger partial charge in [0.2, 0.25) is 0 Å². The molecule has 224 valence electrons. The predicted octanol–water partition coefficient (Wildman–Crippen LogP) is 5.13. The smallest absolute Gasteiger partial charge is 0.325 e. The minimum Gasteiger partial charge on any atom is -0.508 e. The molecule has 0 fully saturated rings. The molecule has 3 aromatic rings. The quantitative estimate of drug-likeness (QED) is 0.192. The Morgan fingerprint density at radius 1 is 0.795 bits per heavy atom. The zero-order valence-corrected chi connectivity index (χ0v) is 24.6. The first-order valence-electron chi connectivity index (χ1n) is 13.7. The molecule has 1 N–H and O–H groups in total. The predicted molar refractivity (Wildman–Crippen MR) is 165 cm³/mol. The molecule has 0 spiro atoms. The SMILES string of the molecule is COC(=O)CN(CC(=O)OC)C(=O)c1ccc(-c2c3ccc(=O)cc-3oc3cc(N(C)c4ccc(O)cc4)ccc23)c(C)c1. The molecule has 0 unspecified atom stereocenters. The van der Waals surface area contributed by atoms with Gasteiger partial charge in [-0.2, -0.15) is 0 Å². The monoisotopic (exact) mass is 594 g/mol. The molecule has 44 heavy (non-hydrogen) atoms. The fourth-order valence-electron chi connectivity index (χ4n) is 5.08. The van der Waals surface area contributed by atoms with Crippen LogP contribution in [0.3, 0.4) is 0 Å². The van der Waals surface area contributed by atoms with Crippen molar-refractivity contribution in [2.24, 2.45) is 0 Å². The van der Waals surface area contributed by atoms with Crippen molar-refractivity contribution in [3.63, 3.8) is 0 Å². The number of fused-ring (bicyclic) bond motifs is 2. The molecule has 2 aliphatic rings. The summed E-state index contributed by atoms with van der Waals surface area (Å²) >= 11 is 0. The third-order valence-corrected chi connectivity index (χ3v) is 7.43. The molecule has 0 saturated carbocycles. The van der Waals surface area contributed by atoms with Crippen molar-refractivity contribution in [2.45, 2.75) is 6.92 Å². The van der Waals surface area contributed by atoms with Crippen molar-refractivity contribution < 1.29 is 33.4 Å². The van der Waals surface area contributed by atoms with E-state index in [4.69, 9.17) is 13.9 Å². The molecule has 1 amide bonds. The molecule has 1 aliphatic heterocycles. The van der Waals surface area contributed by atoms with Crippen LogP contribution in [0, 0.1) is 6.92 Å². The molecule has 1 aliphatic carbocycles. The van der Waals surface area contributed by atoms with Gasteiger partial charge in [-0.1, -0.05) is 6.07 Å². The maximum Gasteiger partial charge on any atom is 0.325 e. The first kappa shape index (κ1) is 29.8. The van der Waals surface area contributed by atoms with Gasteiger partial charge in [-0.25, -0.2) is 0 Å². The molecule has 1 heterocycles. The number of phenolic OH excluding ortho intramolecular Hbond substituents is 1. The number of methoxy groups -OCH3 is 2. The van der Waals surface area contributed by atoms with Crippen LogP contribution in [0.25, 0.3) is 33.4 Å². The largest absolute Gasteiger partial charge is 0.508 e. The van der Waals surface area contributed by atoms with E-state index < -0.39 is 30.9 Å². The maximum atomic E-state index is 13.4. The third-order valence-electron chi connectivity index (χ3n) is 7.43. The number of carbonyl (C=O) groups excluding carboxylic acids is 3. The molecule has 10 nitrogen and oxygen atoms in total. The molecular weight excluding hydrogens is 564 g/mol. The molecule has 5 rings (SSSR count). The van der Waals surface area contributed by atoms with Gasteiger partial charge < -0.3 is 28.8 Å². The first-order valence-corrected chi connectivity index (χ1v) is 13.7. The Balaban J connectivity index is 1.61. The van der Waals surface area contributed by atoms with Gasteiger partial charge in [0.15, 0.2) is 5.43 Å². The van der Waals surface area contributed by atoms with Gasteiger partial charge in [-0.3, -0.25) is 19.2 Å². The van der Waals surface area contributed by atoms with E-state index in [-0.39, 0.29) is 16.7 Å². The second-order valence-corrected chi connectivity index (χ2v) is 10.2. The molecule has 0 atom stereocenters. The highest BCUT2D eigenvalue weighted by Gasteiger charge is 2.24. The average molecular weight is 595 g/mol. The lowest BCUT2D eigenvalue weighted by Crippen LogP contribution is -2.40. The number of carbonyl (C=O) groups is 3. The Morgan fingerprint density at radius 3 is 2.07 bits per heavy atom. The van der Waals surface area contributed by atoms with Crippen LogP contribution in [0.4, 0.5) is 11.4 Å². The number of ether oxygens (including phenoxy) is 2. The van der Waals surface area contributed by atoms with Gasteiger partial charge in [0.1, 0.15) is 30.2 Å². The van der Waals surface area contributed by atoms with Crippen molar-refractivity contribution in [1.82, 2.24) is 4.90 Å². The van der Waals surface area contributed by atoms with Crippen LogP contribution in [-0.2, 0) is 19.1 Å². The van der Waals surface area contributed by atoms with Gasteiger partial charge in [-0.05, 0) is 78.7 Å². The lowest BCUT2D eigenvalue weighted by molar-refractivity contribution is -0.144. The molecule has 0 saturated heterocycles. The van der Waals surface area contributed by atoms with Crippen molar-refractivity contribution in [3.05, 3.63) is 100 Å². The van der Waals surface area contributed by atoms with Gasteiger partial charge in [0.05, 0.1) is 14.2 Å². The number of benzene rings is 4. The summed E-state index contributed by atoms with van der Waals surface area (Å²) in [6, 6.07) is 22.4. The zero-order valence-electron chi connectivity index (χ0n) is 24.6. The number of phenols is 1. The summed E-state index contributed by atoms with van der Waals surface area (Å²) < 4.78 is 15.6. The Hall–Kier alpha value is -5.64. The Labute approximate surface area is 253 Å². The lowest BCUT2D eigenvalue weighted by atomic mass is 9.90. The van der Waals surface area contributed by atoms with Crippen molar-refractivity contribution in [2.75, 3.05) is 39.3 Å². The summed E-state index contributed by atoms with van der Waals surface area (Å²) in [5.41, 5.74) is 5.39. The Kier molecular flexibility index (Phi) is 8.34. The fraction of sp³-hybridized carbons (Fsp3) is 0.176. The molecular formula is C34H30N2O8. The zero-order chi connectivity index (χ0) is 31.5. The maximum absolute atomic E-state index is 13.4. The summed E-state index contributed by atoms with van der Waals surface area (Å²) in [7, 11) is 4.30. The lowest BCUT2D eigenvalue weighted by Gasteiger charge is -2.22. The van der Waals surface area contributed by atoms with Crippen molar-refractivity contribution >= 4 is 40.2 Å². The normalized spacial score (nSPS) is 10.9. The van der Waals surface area contributed by atoms with Crippen LogP contribution in [-0.4, -0.2) is 62.2 Å². The molecule has 10 heteroatoms. The van der Waals surface area contributed by atoms with E-state index in [1.54, 1.807) is 48.5 Å². The van der Waals surface area contributed by atoms with Gasteiger partial charge >= 0.3 is 11.9 Å². The highest BCUT2D eigenvalue weighted by molar-refractivity contribution is 6.04. The molecule has 0 radical (unpaired) electrons. The first-order chi connectivity index (χ1) is 21.1. The van der Waals surface area contributed by atoms with Crippen LogP contribution in [0.1, 0.15) is 15.9 Å². The minimum absolute atomic E-state index is 0.169. The second-order valence-electron chi connectivity index (χ2n) is 10.2. The van der Waals surface area contributed by atoms with Crippen LogP contribution >= 0.6 is 0 Å². The van der Waals surface area contributed by atoms with Gasteiger partial charge in [-0.15, -0.1) is 0 Å². The Bertz CT molecular complexity index is 1890. The highest BCUT2D eigenvalue weighted by atomic mass is 16.5. The second kappa shape index (κ2) is 12.3. The molecule has 3 aromatic carbocycles. The number of amides is 1. The van der Waals surface area contributed by atoms with E-state index in [9.17, 15) is 24.3 Å². The third kappa shape index (κ3) is 5.96. The van der Waals surface area contributed by atoms with E-state index in [1.807, 2.05) is 37.1 Å². The topological polar surface area (TPSA) is 127 Å². The van der Waals surface area contributed by atoms with Crippen molar-refractivity contribution in [3.8, 4) is 28.2 Å². The minimum atomic E-state index is -0.672. The Morgan fingerprint density at radius 2 is 1.43 bits per heavy atom. The van der Waals surface area contributed by atoms with Crippen LogP contribution < -0.4 is 10.3 Å². The van der Waals surface area contributed by atoms with Gasteiger partial charge in [0, 0.05) is 52.6 Å². The summed E-state index contributed by atoms with van der Waals surface area (Å²) in [5, 5.41) is 10.5. The summed E-state index contributed by atoms with van der Waals surface area (Å²) in [6.07, 6.45) is 0. The standard InChI is InChI=1S/C34H30N2O8/c1-20-15-21(34(41)36(18-31(39)42-3)19-32(40)43-4)5-12-26(20)33-27-13-8-23(35(2)22-6-9-24(37)10-7-22)16-29(27)44-30-17-25(38)11-14-28(30)33/h5-17,37H,18-19H2,1-4H3. The summed E-state index contributed by atoms with van der Waals surface area (Å²) in [6.45, 7) is 1.02. The van der Waals surface area contributed by atoms with E-state index in [1.165, 1.54) is 26.4 Å². The fourth-order valence-corrected chi connectivity index (χ4v) is 5.08. The van der Waals surface area contributed by atoms with E-state index in [2.05, 4.69) is 0 Å². The number of esters is 2. The van der Waals surface area contributed by atoms with Gasteiger partial charge in [0.25, 0.3) is 5.91 Å². The number of nitrogens with zero attached hydrogens (tertiary/aromatic N) is 2. The number of anilines is 2. The van der Waals surface area contributed by atoms with Crippen LogP contribution in [0.15, 0.2) is 88.1 Å². The van der Waals surface area contributed by atoms with Crippen molar-refractivity contribution in [1.29, 1.82) is 0 Å². The van der Waals surface area contributed by atoms with E-state index >= 15 is 0 Å². The molecule has 0 aromatic heterocycles. The number of aryl methyl sites for hydroxylation is 1. The van der Waals surface area contributed by atoms with E-state index in [0.29, 0.717) is 11.3 Å². The molecule has 0 bridgehead atoms. The number of aromatic hydroxyl groups is 1. The summed E-state index contributed by atoms with van der Waals surface area (Å²) in [4.78, 5) is 52.6. The number of hydrogen-bond donors (Lipinski definition) is 1. The van der Waals surface area contributed by atoms with Crippen LogP contribution in [0.5, 0.6) is 5.75 Å². The van der Waals surface area contributed by atoms with E-state index in [0.717, 1.165) is 43.9 Å². The average Bonchev–Trinajstić information content (AvgIpc) is 3.02. The summed E-state index contributed by atoms with van der Waals surface area (Å²) in [5.74, 6) is -1.30. The highest BCUT2D eigenvalue weighted by Crippen LogP contribution is 2.42.